The Hall–Kier alpha value is -3.31. The van der Waals surface area contributed by atoms with Gasteiger partial charge in [-0.25, -0.2) is 4.79 Å². The second-order valence-electron chi connectivity index (χ2n) is 8.00. The highest BCUT2D eigenvalue weighted by Crippen LogP contribution is 2.35. The van der Waals surface area contributed by atoms with Crippen molar-refractivity contribution in [1.82, 2.24) is 4.90 Å². The first-order chi connectivity index (χ1) is 17.9. The fourth-order valence-electron chi connectivity index (χ4n) is 3.48. The van der Waals surface area contributed by atoms with Gasteiger partial charge in [0.1, 0.15) is 12.4 Å². The number of carbonyl (C=O) groups excluding carboxylic acids is 3. The molecule has 7 nitrogen and oxygen atoms in total. The van der Waals surface area contributed by atoms with Gasteiger partial charge in [0.25, 0.3) is 11.1 Å². The maximum atomic E-state index is 12.9. The lowest BCUT2D eigenvalue weighted by Gasteiger charge is -2.13. The van der Waals surface area contributed by atoms with Gasteiger partial charge in [-0.05, 0) is 96.2 Å². The topological polar surface area (TPSA) is 82.1 Å². The Bertz CT molecular complexity index is 1360. The molecule has 1 fully saturated rings. The molecule has 0 spiro atoms. The zero-order valence-electron chi connectivity index (χ0n) is 20.2. The van der Waals surface area contributed by atoms with Gasteiger partial charge in [0.05, 0.1) is 23.6 Å². The van der Waals surface area contributed by atoms with Crippen LogP contribution in [0.1, 0.15) is 28.4 Å². The summed E-state index contributed by atoms with van der Waals surface area (Å²) in [5, 5.41) is -0.350. The van der Waals surface area contributed by atoms with Gasteiger partial charge in [-0.1, -0.05) is 35.9 Å². The Balaban J connectivity index is 1.45. The minimum absolute atomic E-state index is 0.146. The Morgan fingerprint density at radius 3 is 2.49 bits per heavy atom. The Morgan fingerprint density at radius 2 is 1.76 bits per heavy atom. The van der Waals surface area contributed by atoms with Crippen molar-refractivity contribution in [3.8, 4) is 17.2 Å². The molecule has 1 aliphatic rings. The number of halogens is 1. The van der Waals surface area contributed by atoms with Crippen LogP contribution in [0.15, 0.2) is 71.6 Å². The van der Waals surface area contributed by atoms with Crippen LogP contribution in [-0.4, -0.2) is 41.8 Å². The largest absolute Gasteiger partial charge is 0.492 e. The number of benzene rings is 3. The summed E-state index contributed by atoms with van der Waals surface area (Å²) in [6.07, 6.45) is 1.62. The van der Waals surface area contributed by atoms with Crippen LogP contribution in [0.4, 0.5) is 4.79 Å². The van der Waals surface area contributed by atoms with Gasteiger partial charge in [-0.15, -0.1) is 0 Å². The van der Waals surface area contributed by atoms with E-state index in [-0.39, 0.29) is 30.0 Å². The molecule has 0 bridgehead atoms. The number of esters is 1. The summed E-state index contributed by atoms with van der Waals surface area (Å²) in [6, 6.07) is 19.7. The molecule has 1 heterocycles. The van der Waals surface area contributed by atoms with E-state index in [1.807, 2.05) is 50.2 Å². The van der Waals surface area contributed by atoms with E-state index in [1.54, 1.807) is 36.4 Å². The van der Waals surface area contributed by atoms with Crippen LogP contribution >= 0.6 is 34.4 Å². The first-order valence-corrected chi connectivity index (χ1v) is 13.4. The summed E-state index contributed by atoms with van der Waals surface area (Å²) in [5.74, 6) is 0.438. The second kappa shape index (κ2) is 12.3. The van der Waals surface area contributed by atoms with Crippen molar-refractivity contribution in [1.29, 1.82) is 0 Å². The van der Waals surface area contributed by atoms with Gasteiger partial charge >= 0.3 is 5.97 Å². The van der Waals surface area contributed by atoms with E-state index in [2.05, 4.69) is 22.6 Å². The summed E-state index contributed by atoms with van der Waals surface area (Å²) in [5.41, 5.74) is 2.21. The molecule has 1 aliphatic heterocycles. The van der Waals surface area contributed by atoms with Crippen LogP contribution in [0.25, 0.3) is 6.08 Å². The molecule has 3 aromatic rings. The minimum Gasteiger partial charge on any atom is -0.492 e. The summed E-state index contributed by atoms with van der Waals surface area (Å²) in [7, 11) is 0. The average Bonchev–Trinajstić information content (AvgIpc) is 3.14. The predicted octanol–water partition coefficient (Wildman–Crippen LogP) is 6.33. The highest BCUT2D eigenvalue weighted by atomic mass is 127. The molecule has 190 valence electrons. The third-order valence-electron chi connectivity index (χ3n) is 5.34. The molecule has 2 amide bonds. The summed E-state index contributed by atoms with van der Waals surface area (Å²) >= 11 is 2.95. The van der Waals surface area contributed by atoms with Crippen LogP contribution in [0.2, 0.25) is 0 Å². The van der Waals surface area contributed by atoms with E-state index in [4.69, 9.17) is 14.2 Å². The SMILES string of the molecule is CCOc1cc(/C=C2\SC(=O)N(CCOc3ccc(C)cc3)C2=O)ccc1OC(=O)c1ccccc1I. The maximum absolute atomic E-state index is 12.9. The van der Waals surface area contributed by atoms with Crippen molar-refractivity contribution in [2.45, 2.75) is 13.8 Å². The number of thioether (sulfide) groups is 1. The number of imide groups is 1. The highest BCUT2D eigenvalue weighted by molar-refractivity contribution is 14.1. The molecule has 37 heavy (non-hydrogen) atoms. The zero-order valence-corrected chi connectivity index (χ0v) is 23.2. The van der Waals surface area contributed by atoms with Gasteiger partial charge < -0.3 is 14.2 Å². The molecule has 4 rings (SSSR count). The van der Waals surface area contributed by atoms with Gasteiger partial charge in [0, 0.05) is 3.57 Å². The minimum atomic E-state index is -0.493. The van der Waals surface area contributed by atoms with Crippen molar-refractivity contribution < 1.29 is 28.6 Å². The lowest BCUT2D eigenvalue weighted by atomic mass is 10.1. The Labute approximate surface area is 232 Å². The molecule has 3 aromatic carbocycles. The van der Waals surface area contributed by atoms with Gasteiger partial charge in [-0.3, -0.25) is 14.5 Å². The lowest BCUT2D eigenvalue weighted by molar-refractivity contribution is -0.123. The Kier molecular flexibility index (Phi) is 8.88. The first-order valence-electron chi connectivity index (χ1n) is 11.5. The van der Waals surface area contributed by atoms with Crippen molar-refractivity contribution in [2.24, 2.45) is 0 Å². The molecule has 0 radical (unpaired) electrons. The fraction of sp³-hybridized carbons (Fsp3) is 0.179. The highest BCUT2D eigenvalue weighted by Gasteiger charge is 2.34. The van der Waals surface area contributed by atoms with Gasteiger partial charge in [-0.2, -0.15) is 0 Å². The number of nitrogens with zero attached hydrogens (tertiary/aromatic N) is 1. The molecule has 0 atom stereocenters. The van der Waals surface area contributed by atoms with E-state index < -0.39 is 5.97 Å². The third kappa shape index (κ3) is 6.72. The molecule has 0 aliphatic carbocycles. The monoisotopic (exact) mass is 629 g/mol. The number of hydrogen-bond donors (Lipinski definition) is 0. The number of rotatable bonds is 9. The lowest BCUT2D eigenvalue weighted by Crippen LogP contribution is -2.32. The van der Waals surface area contributed by atoms with Gasteiger partial charge in [0.2, 0.25) is 0 Å². The van der Waals surface area contributed by atoms with Crippen molar-refractivity contribution in [2.75, 3.05) is 19.8 Å². The standard InChI is InChI=1S/C28H24INO6S/c1-3-34-24-16-19(10-13-23(24)36-27(32)21-6-4-5-7-22(21)29)17-25-26(31)30(28(33)37-25)14-15-35-20-11-8-18(2)9-12-20/h4-13,16-17H,3,14-15H2,1-2H3/b25-17-. The van der Waals surface area contributed by atoms with Crippen LogP contribution < -0.4 is 14.2 Å². The summed E-state index contributed by atoms with van der Waals surface area (Å²) in [6.45, 7) is 4.51. The summed E-state index contributed by atoms with van der Waals surface area (Å²) < 4.78 is 17.7. The number of amides is 2. The maximum Gasteiger partial charge on any atom is 0.344 e. The fourth-order valence-corrected chi connectivity index (χ4v) is 4.95. The van der Waals surface area contributed by atoms with E-state index in [0.717, 1.165) is 20.9 Å². The van der Waals surface area contributed by atoms with Crippen molar-refractivity contribution in [3.63, 3.8) is 0 Å². The quantitative estimate of drug-likeness (QED) is 0.118. The van der Waals surface area contributed by atoms with E-state index in [9.17, 15) is 14.4 Å². The normalized spacial score (nSPS) is 14.2. The van der Waals surface area contributed by atoms with E-state index in [1.165, 1.54) is 4.90 Å². The molecule has 0 N–H and O–H groups in total. The number of carbonyl (C=O) groups is 3. The van der Waals surface area contributed by atoms with Crippen LogP contribution in [0, 0.1) is 10.5 Å². The smallest absolute Gasteiger partial charge is 0.344 e. The molecular formula is C28H24INO6S. The molecule has 1 saturated heterocycles. The number of hydrogen-bond acceptors (Lipinski definition) is 7. The van der Waals surface area contributed by atoms with Gasteiger partial charge in [0.15, 0.2) is 11.5 Å². The third-order valence-corrected chi connectivity index (χ3v) is 7.19. The van der Waals surface area contributed by atoms with Crippen LogP contribution in [0.5, 0.6) is 17.2 Å². The van der Waals surface area contributed by atoms with Crippen LogP contribution in [-0.2, 0) is 4.79 Å². The molecule has 9 heteroatoms. The summed E-state index contributed by atoms with van der Waals surface area (Å²) in [4.78, 5) is 39.5. The molecule has 0 aromatic heterocycles. The Morgan fingerprint density at radius 1 is 1.00 bits per heavy atom. The predicted molar refractivity (Wildman–Crippen MR) is 151 cm³/mol. The first kappa shape index (κ1) is 26.7. The number of ether oxygens (including phenoxy) is 3. The van der Waals surface area contributed by atoms with Crippen LogP contribution in [0.3, 0.4) is 0 Å². The molecule has 0 saturated carbocycles. The molecule has 0 unspecified atom stereocenters. The van der Waals surface area contributed by atoms with Crippen molar-refractivity contribution >= 4 is 57.5 Å². The number of aryl methyl sites for hydroxylation is 1. The van der Waals surface area contributed by atoms with Crippen molar-refractivity contribution in [3.05, 3.63) is 91.9 Å². The zero-order chi connectivity index (χ0) is 26.4. The van der Waals surface area contributed by atoms with E-state index in [0.29, 0.717) is 34.1 Å². The van der Waals surface area contributed by atoms with E-state index >= 15 is 0 Å². The average molecular weight is 629 g/mol. The molecular weight excluding hydrogens is 605 g/mol. The second-order valence-corrected chi connectivity index (χ2v) is 10.2.